The number of carbonyl (C=O) groups excluding carboxylic acids is 1. The van der Waals surface area contributed by atoms with Gasteiger partial charge < -0.3 is 15.4 Å². The summed E-state index contributed by atoms with van der Waals surface area (Å²) in [6, 6.07) is 17.0. The van der Waals surface area contributed by atoms with Crippen LogP contribution in [0.4, 0.5) is 11.6 Å². The number of nitrogens with one attached hydrogen (secondary N) is 2. The summed E-state index contributed by atoms with van der Waals surface area (Å²) in [5.74, 6) is 1.71. The van der Waals surface area contributed by atoms with Crippen LogP contribution in [-0.4, -0.2) is 32.3 Å². The van der Waals surface area contributed by atoms with E-state index in [9.17, 15) is 4.79 Å². The molecule has 36 heavy (non-hydrogen) atoms. The van der Waals surface area contributed by atoms with E-state index in [1.54, 1.807) is 23.1 Å². The molecule has 0 radical (unpaired) electrons. The molecule has 5 rings (SSSR count). The van der Waals surface area contributed by atoms with Gasteiger partial charge in [0.05, 0.1) is 24.1 Å². The molecule has 1 amide bonds. The first-order chi connectivity index (χ1) is 17.4. The van der Waals surface area contributed by atoms with Gasteiger partial charge in [0.1, 0.15) is 11.8 Å². The van der Waals surface area contributed by atoms with Gasteiger partial charge >= 0.3 is 0 Å². The normalized spacial score (nSPS) is 14.7. The quantitative estimate of drug-likeness (QED) is 0.390. The molecule has 2 aromatic carbocycles. The summed E-state index contributed by atoms with van der Waals surface area (Å²) in [6.07, 6.45) is 3.29. The maximum atomic E-state index is 13.6. The Morgan fingerprint density at radius 1 is 1.08 bits per heavy atom. The Kier molecular flexibility index (Phi) is 6.25. The first kappa shape index (κ1) is 23.3. The zero-order chi connectivity index (χ0) is 25.2. The third-order valence-electron chi connectivity index (χ3n) is 6.29. The van der Waals surface area contributed by atoms with E-state index in [1.807, 2.05) is 50.2 Å². The molecule has 0 saturated heterocycles. The number of nitrogens with zero attached hydrogens (tertiary/aromatic N) is 4. The van der Waals surface area contributed by atoms with Crippen molar-refractivity contribution in [1.29, 1.82) is 0 Å². The van der Waals surface area contributed by atoms with Crippen LogP contribution in [0.15, 0.2) is 78.3 Å². The second-order valence-corrected chi connectivity index (χ2v) is 8.77. The van der Waals surface area contributed by atoms with Gasteiger partial charge in [-0.05, 0) is 74.7 Å². The van der Waals surface area contributed by atoms with E-state index < -0.39 is 6.04 Å². The van der Waals surface area contributed by atoms with Crippen LogP contribution >= 0.6 is 0 Å². The van der Waals surface area contributed by atoms with Gasteiger partial charge in [0, 0.05) is 17.5 Å². The molecule has 8 nitrogen and oxygen atoms in total. The second kappa shape index (κ2) is 9.65. The molecule has 0 bridgehead atoms. The van der Waals surface area contributed by atoms with Crippen LogP contribution in [-0.2, 0) is 4.79 Å². The highest BCUT2D eigenvalue weighted by atomic mass is 16.5. The summed E-state index contributed by atoms with van der Waals surface area (Å²) in [7, 11) is 0. The molecule has 1 unspecified atom stereocenters. The number of anilines is 2. The number of benzene rings is 2. The number of pyridine rings is 1. The number of allylic oxidation sites excluding steroid dienone is 1. The molecule has 0 aliphatic carbocycles. The van der Waals surface area contributed by atoms with Crippen molar-refractivity contribution < 1.29 is 9.53 Å². The minimum absolute atomic E-state index is 0.235. The molecule has 2 N–H and O–H groups in total. The summed E-state index contributed by atoms with van der Waals surface area (Å²) >= 11 is 0. The number of hydrogen-bond donors (Lipinski definition) is 2. The molecule has 1 aliphatic heterocycles. The van der Waals surface area contributed by atoms with Crippen LogP contribution in [0.5, 0.6) is 5.75 Å². The number of rotatable bonds is 6. The predicted octanol–water partition coefficient (Wildman–Crippen LogP) is 5.28. The average Bonchev–Trinajstić information content (AvgIpc) is 3.30. The Bertz CT molecular complexity index is 1440. The maximum absolute atomic E-state index is 13.6. The summed E-state index contributed by atoms with van der Waals surface area (Å²) < 4.78 is 7.41. The third kappa shape index (κ3) is 4.45. The van der Waals surface area contributed by atoms with Crippen molar-refractivity contribution in [2.24, 2.45) is 0 Å². The third-order valence-corrected chi connectivity index (χ3v) is 6.29. The Labute approximate surface area is 210 Å². The first-order valence-corrected chi connectivity index (χ1v) is 11.9. The molecular weight excluding hydrogens is 452 g/mol. The molecule has 1 aliphatic rings. The summed E-state index contributed by atoms with van der Waals surface area (Å²) in [5, 5.41) is 11.1. The monoisotopic (exact) mass is 480 g/mol. The molecule has 0 fully saturated rings. The molecule has 182 valence electrons. The average molecular weight is 481 g/mol. The van der Waals surface area contributed by atoms with E-state index in [2.05, 4.69) is 41.6 Å². The van der Waals surface area contributed by atoms with Crippen LogP contribution in [0.25, 0.3) is 11.4 Å². The minimum Gasteiger partial charge on any atom is -0.494 e. The second-order valence-electron chi connectivity index (χ2n) is 8.77. The van der Waals surface area contributed by atoms with Gasteiger partial charge in [-0.3, -0.25) is 9.78 Å². The van der Waals surface area contributed by atoms with Crippen molar-refractivity contribution in [3.05, 3.63) is 95.0 Å². The standard InChI is InChI=1S/C28H28N6O2/c1-5-36-23-12-10-20(11-13-23)25-24(27(35)31-22-7-6-14-29-16-22)19(4)30-28-32-26(33-34(25)28)21-9-8-17(2)18(3)15-21/h6-16,25H,5H2,1-4H3,(H,31,35)(H,30,32,33). The van der Waals surface area contributed by atoms with Gasteiger partial charge in [-0.2, -0.15) is 4.98 Å². The van der Waals surface area contributed by atoms with Gasteiger partial charge in [-0.1, -0.05) is 24.3 Å². The van der Waals surface area contributed by atoms with Crippen molar-refractivity contribution in [3.8, 4) is 17.1 Å². The predicted molar refractivity (Wildman–Crippen MR) is 140 cm³/mol. The highest BCUT2D eigenvalue weighted by Gasteiger charge is 2.34. The summed E-state index contributed by atoms with van der Waals surface area (Å²) in [5.41, 5.74) is 6.07. The molecule has 8 heteroatoms. The highest BCUT2D eigenvalue weighted by molar-refractivity contribution is 6.05. The number of carbonyl (C=O) groups is 1. The van der Waals surface area contributed by atoms with Crippen molar-refractivity contribution in [2.45, 2.75) is 33.7 Å². The largest absolute Gasteiger partial charge is 0.494 e. The number of amides is 1. The van der Waals surface area contributed by atoms with Gasteiger partial charge in [0.25, 0.3) is 5.91 Å². The van der Waals surface area contributed by atoms with Crippen molar-refractivity contribution in [3.63, 3.8) is 0 Å². The van der Waals surface area contributed by atoms with E-state index in [0.29, 0.717) is 35.3 Å². The molecule has 2 aromatic heterocycles. The Balaban J connectivity index is 1.59. The van der Waals surface area contributed by atoms with E-state index in [0.717, 1.165) is 16.9 Å². The van der Waals surface area contributed by atoms with E-state index in [-0.39, 0.29) is 5.91 Å². The number of aryl methyl sites for hydroxylation is 2. The molecule has 3 heterocycles. The number of hydrogen-bond acceptors (Lipinski definition) is 6. The number of fused-ring (bicyclic) bond motifs is 1. The zero-order valence-electron chi connectivity index (χ0n) is 20.7. The first-order valence-electron chi connectivity index (χ1n) is 11.9. The lowest BCUT2D eigenvalue weighted by atomic mass is 9.95. The van der Waals surface area contributed by atoms with E-state index in [1.165, 1.54) is 11.1 Å². The lowest BCUT2D eigenvalue weighted by Crippen LogP contribution is -2.31. The molecule has 0 saturated carbocycles. The van der Waals surface area contributed by atoms with E-state index in [4.69, 9.17) is 14.8 Å². The SMILES string of the molecule is CCOc1ccc(C2C(C(=O)Nc3cccnc3)=C(C)Nc3nc(-c4ccc(C)c(C)c4)nn32)cc1. The van der Waals surface area contributed by atoms with Crippen molar-refractivity contribution in [2.75, 3.05) is 17.2 Å². The maximum Gasteiger partial charge on any atom is 0.255 e. The van der Waals surface area contributed by atoms with Crippen LogP contribution in [0.3, 0.4) is 0 Å². The Hall–Kier alpha value is -4.46. The summed E-state index contributed by atoms with van der Waals surface area (Å²) in [6.45, 7) is 8.56. The van der Waals surface area contributed by atoms with Gasteiger partial charge in [0.15, 0.2) is 5.82 Å². The van der Waals surface area contributed by atoms with E-state index >= 15 is 0 Å². The van der Waals surface area contributed by atoms with Crippen LogP contribution in [0, 0.1) is 13.8 Å². The minimum atomic E-state index is -0.485. The Morgan fingerprint density at radius 3 is 2.58 bits per heavy atom. The fourth-order valence-corrected chi connectivity index (χ4v) is 4.30. The smallest absolute Gasteiger partial charge is 0.255 e. The number of aromatic nitrogens is 4. The summed E-state index contributed by atoms with van der Waals surface area (Å²) in [4.78, 5) is 22.5. The van der Waals surface area contributed by atoms with Gasteiger partial charge in [-0.15, -0.1) is 5.10 Å². The zero-order valence-corrected chi connectivity index (χ0v) is 20.7. The Morgan fingerprint density at radius 2 is 1.89 bits per heavy atom. The molecular formula is C28H28N6O2. The fourth-order valence-electron chi connectivity index (χ4n) is 4.30. The molecule has 0 spiro atoms. The fraction of sp³-hybridized carbons (Fsp3) is 0.214. The van der Waals surface area contributed by atoms with Crippen LogP contribution < -0.4 is 15.4 Å². The molecule has 1 atom stereocenters. The van der Waals surface area contributed by atoms with Crippen LogP contribution in [0.2, 0.25) is 0 Å². The van der Waals surface area contributed by atoms with Crippen LogP contribution in [0.1, 0.15) is 36.6 Å². The topological polar surface area (TPSA) is 94.0 Å². The molecule has 4 aromatic rings. The number of ether oxygens (including phenoxy) is 1. The van der Waals surface area contributed by atoms with Crippen molar-refractivity contribution in [1.82, 2.24) is 19.7 Å². The lowest BCUT2D eigenvalue weighted by molar-refractivity contribution is -0.113. The highest BCUT2D eigenvalue weighted by Crippen LogP contribution is 2.37. The van der Waals surface area contributed by atoms with Gasteiger partial charge in [-0.25, -0.2) is 4.68 Å². The lowest BCUT2D eigenvalue weighted by Gasteiger charge is -2.28. The van der Waals surface area contributed by atoms with Gasteiger partial charge in [0.2, 0.25) is 5.95 Å². The van der Waals surface area contributed by atoms with Crippen molar-refractivity contribution >= 4 is 17.5 Å².